The standard InChI is InChI=1S/C27H28N4O8/c1-14-10-20(32)25-24(38-14)19(23(39-25)16-6-8-18(37-5)9-7-16)12-21(33)29-15(2)26(35)28-13-17-11-22(34)31(4)27(36)30(17)3/h6-11,15H,12-13H2,1-5H3,(H,28,35)(H,29,33). The number of amides is 2. The highest BCUT2D eigenvalue weighted by Gasteiger charge is 2.24. The lowest BCUT2D eigenvalue weighted by atomic mass is 10.0. The molecule has 2 N–H and O–H groups in total. The molecule has 4 rings (SSSR count). The van der Waals surface area contributed by atoms with Gasteiger partial charge < -0.3 is 24.2 Å². The number of nitrogens with zero attached hydrogens (tertiary/aromatic N) is 2. The fourth-order valence-corrected chi connectivity index (χ4v) is 4.09. The molecule has 0 saturated heterocycles. The molecule has 12 heteroatoms. The van der Waals surface area contributed by atoms with E-state index < -0.39 is 29.1 Å². The van der Waals surface area contributed by atoms with Crippen LogP contribution < -0.4 is 32.0 Å². The minimum absolute atomic E-state index is 0.0142. The van der Waals surface area contributed by atoms with Gasteiger partial charge in [0.2, 0.25) is 22.8 Å². The van der Waals surface area contributed by atoms with Crippen LogP contribution in [0.5, 0.6) is 5.75 Å². The van der Waals surface area contributed by atoms with E-state index in [0.29, 0.717) is 28.3 Å². The number of aryl methyl sites for hydroxylation is 1. The van der Waals surface area contributed by atoms with Crippen LogP contribution in [0.25, 0.3) is 22.5 Å². The summed E-state index contributed by atoms with van der Waals surface area (Å²) in [5.41, 5.74) is 0.0240. The monoisotopic (exact) mass is 536 g/mol. The van der Waals surface area contributed by atoms with Crippen LogP contribution in [0.3, 0.4) is 0 Å². The number of nitrogens with one attached hydrogen (secondary N) is 2. The van der Waals surface area contributed by atoms with E-state index in [9.17, 15) is 24.0 Å². The zero-order valence-corrected chi connectivity index (χ0v) is 22.1. The van der Waals surface area contributed by atoms with Crippen molar-refractivity contribution in [1.29, 1.82) is 0 Å². The summed E-state index contributed by atoms with van der Waals surface area (Å²) in [5.74, 6) is 0.230. The zero-order chi connectivity index (χ0) is 28.4. The number of methoxy groups -OCH3 is 1. The van der Waals surface area contributed by atoms with Gasteiger partial charge in [-0.05, 0) is 38.1 Å². The third-order valence-electron chi connectivity index (χ3n) is 6.31. The number of furan rings is 1. The smallest absolute Gasteiger partial charge is 0.330 e. The number of carbonyl (C=O) groups is 2. The maximum absolute atomic E-state index is 13.0. The van der Waals surface area contributed by atoms with Crippen LogP contribution in [0.15, 0.2) is 59.6 Å². The predicted molar refractivity (Wildman–Crippen MR) is 142 cm³/mol. The van der Waals surface area contributed by atoms with Gasteiger partial charge in [0.15, 0.2) is 5.58 Å². The number of hydrogen-bond acceptors (Lipinski definition) is 8. The number of carbonyl (C=O) groups excluding carboxylic acids is 2. The van der Waals surface area contributed by atoms with Crippen LogP contribution in [-0.2, 0) is 36.6 Å². The topological polar surface area (TPSA) is 155 Å². The van der Waals surface area contributed by atoms with Crippen LogP contribution in [0.2, 0.25) is 0 Å². The summed E-state index contributed by atoms with van der Waals surface area (Å²) in [6.45, 7) is 3.03. The summed E-state index contributed by atoms with van der Waals surface area (Å²) in [6.07, 6.45) is -0.235. The third kappa shape index (κ3) is 5.54. The van der Waals surface area contributed by atoms with Gasteiger partial charge in [-0.1, -0.05) is 0 Å². The molecule has 12 nitrogen and oxygen atoms in total. The Morgan fingerprint density at radius 3 is 2.36 bits per heavy atom. The molecule has 2 amide bonds. The zero-order valence-electron chi connectivity index (χ0n) is 22.1. The van der Waals surface area contributed by atoms with Crippen LogP contribution in [0, 0.1) is 6.92 Å². The Morgan fingerprint density at radius 2 is 1.69 bits per heavy atom. The maximum atomic E-state index is 13.0. The summed E-state index contributed by atoms with van der Waals surface area (Å²) in [4.78, 5) is 62.3. The van der Waals surface area contributed by atoms with Gasteiger partial charge in [0, 0.05) is 37.5 Å². The molecule has 0 spiro atoms. The number of ether oxygens (including phenoxy) is 1. The summed E-state index contributed by atoms with van der Waals surface area (Å²) in [7, 11) is 4.39. The summed E-state index contributed by atoms with van der Waals surface area (Å²) in [5, 5.41) is 5.24. The Morgan fingerprint density at radius 1 is 1.00 bits per heavy atom. The minimum Gasteiger partial charge on any atom is -0.497 e. The minimum atomic E-state index is -0.947. The van der Waals surface area contributed by atoms with Crippen molar-refractivity contribution in [2.45, 2.75) is 32.9 Å². The lowest BCUT2D eigenvalue weighted by Crippen LogP contribution is -2.46. The van der Waals surface area contributed by atoms with E-state index >= 15 is 0 Å². The Hall–Kier alpha value is -4.87. The fourth-order valence-electron chi connectivity index (χ4n) is 4.09. The van der Waals surface area contributed by atoms with Gasteiger partial charge in [-0.25, -0.2) is 4.79 Å². The van der Waals surface area contributed by atoms with Crippen molar-refractivity contribution in [3.63, 3.8) is 0 Å². The van der Waals surface area contributed by atoms with Gasteiger partial charge >= 0.3 is 5.69 Å². The average Bonchev–Trinajstić information content (AvgIpc) is 3.26. The Labute approximate surface area is 221 Å². The van der Waals surface area contributed by atoms with Crippen LogP contribution in [0.1, 0.15) is 23.9 Å². The SMILES string of the molecule is COc1ccc(-c2oc3c(=O)cc(C)oc3c2CC(=O)NC(C)C(=O)NCc2cc(=O)n(C)c(=O)n2C)cc1. The van der Waals surface area contributed by atoms with Crippen LogP contribution in [-0.4, -0.2) is 34.1 Å². The maximum Gasteiger partial charge on any atom is 0.330 e. The van der Waals surface area contributed by atoms with E-state index in [2.05, 4.69) is 10.6 Å². The molecule has 0 aliphatic carbocycles. The molecular formula is C27H28N4O8. The Kier molecular flexibility index (Phi) is 7.56. The number of hydrogen-bond donors (Lipinski definition) is 2. The number of rotatable bonds is 8. The Balaban J connectivity index is 1.54. The van der Waals surface area contributed by atoms with Crippen molar-refractivity contribution in [2.75, 3.05) is 7.11 Å². The molecule has 0 fully saturated rings. The highest BCUT2D eigenvalue weighted by atomic mass is 16.5. The molecule has 204 valence electrons. The molecule has 0 saturated carbocycles. The van der Waals surface area contributed by atoms with Gasteiger partial charge in [0.05, 0.1) is 25.6 Å². The van der Waals surface area contributed by atoms with E-state index in [4.69, 9.17) is 13.6 Å². The van der Waals surface area contributed by atoms with Crippen molar-refractivity contribution < 1.29 is 23.2 Å². The first-order chi connectivity index (χ1) is 18.5. The molecule has 3 heterocycles. The quantitative estimate of drug-likeness (QED) is 0.340. The highest BCUT2D eigenvalue weighted by Crippen LogP contribution is 2.34. The van der Waals surface area contributed by atoms with E-state index in [-0.39, 0.29) is 35.3 Å². The number of fused-ring (bicyclic) bond motifs is 1. The van der Waals surface area contributed by atoms with Gasteiger partial charge in [0.25, 0.3) is 5.56 Å². The highest BCUT2D eigenvalue weighted by molar-refractivity contribution is 5.92. The predicted octanol–water partition coefficient (Wildman–Crippen LogP) is 1.13. The van der Waals surface area contributed by atoms with Gasteiger partial charge in [-0.2, -0.15) is 0 Å². The van der Waals surface area contributed by atoms with E-state index in [1.165, 1.54) is 44.8 Å². The first-order valence-electron chi connectivity index (χ1n) is 12.0. The van der Waals surface area contributed by atoms with Crippen molar-refractivity contribution in [1.82, 2.24) is 19.8 Å². The van der Waals surface area contributed by atoms with E-state index in [1.807, 2.05) is 0 Å². The van der Waals surface area contributed by atoms with Crippen molar-refractivity contribution in [2.24, 2.45) is 14.1 Å². The molecule has 0 aliphatic rings. The molecule has 39 heavy (non-hydrogen) atoms. The van der Waals surface area contributed by atoms with Crippen molar-refractivity contribution >= 4 is 23.0 Å². The lowest BCUT2D eigenvalue weighted by molar-refractivity contribution is -0.128. The van der Waals surface area contributed by atoms with Crippen molar-refractivity contribution in [3.8, 4) is 17.1 Å². The molecule has 3 aromatic heterocycles. The number of aromatic nitrogens is 2. The molecule has 1 atom stereocenters. The van der Waals surface area contributed by atoms with E-state index in [1.54, 1.807) is 31.2 Å². The van der Waals surface area contributed by atoms with E-state index in [0.717, 1.165) is 4.57 Å². The first-order valence-corrected chi connectivity index (χ1v) is 12.0. The summed E-state index contributed by atoms with van der Waals surface area (Å²) in [6, 6.07) is 8.52. The molecule has 4 aromatic rings. The second kappa shape index (κ2) is 10.9. The second-order valence-electron chi connectivity index (χ2n) is 9.08. The van der Waals surface area contributed by atoms with Gasteiger partial charge in [0.1, 0.15) is 23.3 Å². The molecule has 0 aliphatic heterocycles. The largest absolute Gasteiger partial charge is 0.497 e. The summed E-state index contributed by atoms with van der Waals surface area (Å²) >= 11 is 0. The fraction of sp³-hybridized carbons (Fsp3) is 0.296. The average molecular weight is 537 g/mol. The Bertz CT molecular complexity index is 1740. The number of benzene rings is 1. The third-order valence-corrected chi connectivity index (χ3v) is 6.31. The molecule has 0 bridgehead atoms. The molecule has 1 unspecified atom stereocenters. The second-order valence-corrected chi connectivity index (χ2v) is 9.08. The van der Waals surface area contributed by atoms with Gasteiger partial charge in [-0.3, -0.25) is 28.3 Å². The van der Waals surface area contributed by atoms with Crippen molar-refractivity contribution in [3.05, 3.63) is 84.5 Å². The lowest BCUT2D eigenvalue weighted by Gasteiger charge is -2.15. The van der Waals surface area contributed by atoms with Gasteiger partial charge in [-0.15, -0.1) is 0 Å². The summed E-state index contributed by atoms with van der Waals surface area (Å²) < 4.78 is 19.0. The van der Waals surface area contributed by atoms with Crippen LogP contribution in [0.4, 0.5) is 0 Å². The first kappa shape index (κ1) is 27.2. The van der Waals surface area contributed by atoms with Crippen LogP contribution >= 0.6 is 0 Å². The molecule has 0 radical (unpaired) electrons. The molecular weight excluding hydrogens is 508 g/mol. The molecule has 1 aromatic carbocycles. The normalized spacial score (nSPS) is 11.8.